The van der Waals surface area contributed by atoms with Crippen LogP contribution in [0.3, 0.4) is 0 Å². The molecular formula is C19H34O2. The number of rotatable bonds is 3. The highest BCUT2D eigenvalue weighted by molar-refractivity contribution is 4.83. The zero-order valence-corrected chi connectivity index (χ0v) is 13.8. The van der Waals surface area contributed by atoms with Gasteiger partial charge in [-0.1, -0.05) is 32.6 Å². The second-order valence-corrected chi connectivity index (χ2v) is 8.08. The summed E-state index contributed by atoms with van der Waals surface area (Å²) in [5.41, 5.74) is 0. The number of hydrogen-bond acceptors (Lipinski definition) is 2. The van der Waals surface area contributed by atoms with E-state index in [1.165, 1.54) is 64.2 Å². The third kappa shape index (κ3) is 4.22. The summed E-state index contributed by atoms with van der Waals surface area (Å²) < 4.78 is 6.25. The third-order valence-corrected chi connectivity index (χ3v) is 6.48. The van der Waals surface area contributed by atoms with Crippen LogP contribution in [0.15, 0.2) is 0 Å². The standard InChI is InChI=1S/C19H34O2/c1-14-6-8-15(9-7-14)16-10-12-17(13-11-16)21-19-5-3-2-4-18(19)20/h14-20H,2-13H2,1H3. The fourth-order valence-electron chi connectivity index (χ4n) is 4.94. The van der Waals surface area contributed by atoms with Crippen molar-refractivity contribution in [3.63, 3.8) is 0 Å². The molecule has 0 saturated heterocycles. The van der Waals surface area contributed by atoms with E-state index >= 15 is 0 Å². The van der Waals surface area contributed by atoms with E-state index in [-0.39, 0.29) is 12.2 Å². The molecule has 3 saturated carbocycles. The first-order chi connectivity index (χ1) is 10.2. The van der Waals surface area contributed by atoms with Crippen molar-refractivity contribution in [2.45, 2.75) is 102 Å². The first-order valence-corrected chi connectivity index (χ1v) is 9.56. The van der Waals surface area contributed by atoms with Crippen LogP contribution in [0.25, 0.3) is 0 Å². The largest absolute Gasteiger partial charge is 0.390 e. The Labute approximate surface area is 130 Å². The van der Waals surface area contributed by atoms with Gasteiger partial charge in [-0.25, -0.2) is 0 Å². The van der Waals surface area contributed by atoms with Crippen LogP contribution in [0.4, 0.5) is 0 Å². The van der Waals surface area contributed by atoms with Gasteiger partial charge in [0, 0.05) is 0 Å². The van der Waals surface area contributed by atoms with Crippen molar-refractivity contribution in [3.8, 4) is 0 Å². The molecule has 0 heterocycles. The monoisotopic (exact) mass is 294 g/mol. The first-order valence-electron chi connectivity index (χ1n) is 9.56. The second-order valence-electron chi connectivity index (χ2n) is 8.08. The van der Waals surface area contributed by atoms with Gasteiger partial charge in [0.15, 0.2) is 0 Å². The van der Waals surface area contributed by atoms with Crippen LogP contribution in [0.1, 0.15) is 84.0 Å². The van der Waals surface area contributed by atoms with Crippen LogP contribution in [0.2, 0.25) is 0 Å². The molecule has 1 N–H and O–H groups in total. The molecule has 2 heteroatoms. The van der Waals surface area contributed by atoms with Crippen LogP contribution in [-0.2, 0) is 4.74 Å². The molecule has 2 nitrogen and oxygen atoms in total. The lowest BCUT2D eigenvalue weighted by Crippen LogP contribution is -2.37. The zero-order chi connectivity index (χ0) is 14.7. The normalized spacial score (nSPS) is 45.4. The van der Waals surface area contributed by atoms with Crippen LogP contribution in [0.5, 0.6) is 0 Å². The quantitative estimate of drug-likeness (QED) is 0.818. The summed E-state index contributed by atoms with van der Waals surface area (Å²) in [7, 11) is 0. The van der Waals surface area contributed by atoms with Gasteiger partial charge in [0.05, 0.1) is 18.3 Å². The lowest BCUT2D eigenvalue weighted by Gasteiger charge is -2.39. The molecule has 0 spiro atoms. The fourth-order valence-corrected chi connectivity index (χ4v) is 4.94. The average Bonchev–Trinajstić information content (AvgIpc) is 2.51. The maximum absolute atomic E-state index is 10.1. The molecule has 0 aromatic carbocycles. The SMILES string of the molecule is CC1CCC(C2CCC(OC3CCCCC3O)CC2)CC1. The first kappa shape index (κ1) is 15.8. The highest BCUT2D eigenvalue weighted by Gasteiger charge is 2.32. The molecule has 0 aromatic rings. The van der Waals surface area contributed by atoms with E-state index < -0.39 is 0 Å². The highest BCUT2D eigenvalue weighted by Crippen LogP contribution is 2.40. The maximum Gasteiger partial charge on any atom is 0.0837 e. The van der Waals surface area contributed by atoms with Crippen molar-refractivity contribution in [1.82, 2.24) is 0 Å². The van der Waals surface area contributed by atoms with E-state index in [2.05, 4.69) is 6.92 Å². The van der Waals surface area contributed by atoms with E-state index in [1.807, 2.05) is 0 Å². The van der Waals surface area contributed by atoms with Crippen molar-refractivity contribution < 1.29 is 9.84 Å². The number of aliphatic hydroxyl groups excluding tert-OH is 1. The molecule has 3 rings (SSSR count). The Balaban J connectivity index is 1.40. The molecule has 0 amide bonds. The molecular weight excluding hydrogens is 260 g/mol. The van der Waals surface area contributed by atoms with Crippen molar-refractivity contribution >= 4 is 0 Å². The topological polar surface area (TPSA) is 29.5 Å². The van der Waals surface area contributed by atoms with Gasteiger partial charge in [-0.05, 0) is 69.1 Å². The lowest BCUT2D eigenvalue weighted by molar-refractivity contribution is -0.108. The molecule has 0 aliphatic heterocycles. The number of ether oxygens (including phenoxy) is 1. The minimum Gasteiger partial charge on any atom is -0.390 e. The van der Waals surface area contributed by atoms with Crippen molar-refractivity contribution in [3.05, 3.63) is 0 Å². The summed E-state index contributed by atoms with van der Waals surface area (Å²) in [6.45, 7) is 2.41. The van der Waals surface area contributed by atoms with Crippen LogP contribution < -0.4 is 0 Å². The predicted octanol–water partition coefficient (Wildman–Crippen LogP) is 4.69. The molecule has 0 bridgehead atoms. The van der Waals surface area contributed by atoms with Crippen LogP contribution in [0, 0.1) is 17.8 Å². The Morgan fingerprint density at radius 1 is 0.714 bits per heavy atom. The fraction of sp³-hybridized carbons (Fsp3) is 1.00. The summed E-state index contributed by atoms with van der Waals surface area (Å²) in [5, 5.41) is 10.1. The Morgan fingerprint density at radius 2 is 1.29 bits per heavy atom. The van der Waals surface area contributed by atoms with Gasteiger partial charge in [0.2, 0.25) is 0 Å². The van der Waals surface area contributed by atoms with Crippen molar-refractivity contribution in [2.24, 2.45) is 17.8 Å². The van der Waals surface area contributed by atoms with Crippen molar-refractivity contribution in [2.75, 3.05) is 0 Å². The van der Waals surface area contributed by atoms with E-state index in [0.717, 1.165) is 30.6 Å². The van der Waals surface area contributed by atoms with Gasteiger partial charge < -0.3 is 9.84 Å². The van der Waals surface area contributed by atoms with Gasteiger partial charge in [0.1, 0.15) is 0 Å². The second kappa shape index (κ2) is 7.46. The van der Waals surface area contributed by atoms with Gasteiger partial charge in [0.25, 0.3) is 0 Å². The summed E-state index contributed by atoms with van der Waals surface area (Å²) in [5.74, 6) is 2.93. The van der Waals surface area contributed by atoms with E-state index in [4.69, 9.17) is 4.74 Å². The molecule has 0 radical (unpaired) electrons. The van der Waals surface area contributed by atoms with E-state index in [1.54, 1.807) is 0 Å². The molecule has 122 valence electrons. The molecule has 3 aliphatic carbocycles. The Bertz CT molecular complexity index is 301. The zero-order valence-electron chi connectivity index (χ0n) is 13.8. The van der Waals surface area contributed by atoms with Crippen molar-refractivity contribution in [1.29, 1.82) is 0 Å². The summed E-state index contributed by atoms with van der Waals surface area (Å²) >= 11 is 0. The van der Waals surface area contributed by atoms with Crippen LogP contribution >= 0.6 is 0 Å². The van der Waals surface area contributed by atoms with Gasteiger partial charge in [-0.2, -0.15) is 0 Å². The molecule has 2 atom stereocenters. The smallest absolute Gasteiger partial charge is 0.0837 e. The molecule has 3 aliphatic rings. The van der Waals surface area contributed by atoms with Gasteiger partial charge in [-0.3, -0.25) is 0 Å². The van der Waals surface area contributed by atoms with E-state index in [0.29, 0.717) is 6.10 Å². The summed E-state index contributed by atoms with van der Waals surface area (Å²) in [6, 6.07) is 0. The molecule has 21 heavy (non-hydrogen) atoms. The Morgan fingerprint density at radius 3 is 1.90 bits per heavy atom. The lowest BCUT2D eigenvalue weighted by atomic mass is 9.71. The number of hydrogen-bond donors (Lipinski definition) is 1. The van der Waals surface area contributed by atoms with Gasteiger partial charge >= 0.3 is 0 Å². The average molecular weight is 294 g/mol. The maximum atomic E-state index is 10.1. The number of aliphatic hydroxyl groups is 1. The Kier molecular flexibility index (Phi) is 5.61. The Hall–Kier alpha value is -0.0800. The molecule has 3 fully saturated rings. The molecule has 2 unspecified atom stereocenters. The minimum atomic E-state index is -0.198. The van der Waals surface area contributed by atoms with Gasteiger partial charge in [-0.15, -0.1) is 0 Å². The third-order valence-electron chi connectivity index (χ3n) is 6.48. The molecule has 0 aromatic heterocycles. The van der Waals surface area contributed by atoms with E-state index in [9.17, 15) is 5.11 Å². The summed E-state index contributed by atoms with van der Waals surface area (Å²) in [4.78, 5) is 0. The minimum absolute atomic E-state index is 0.135. The van der Waals surface area contributed by atoms with Crippen LogP contribution in [-0.4, -0.2) is 23.4 Å². The highest BCUT2D eigenvalue weighted by atomic mass is 16.5. The predicted molar refractivity (Wildman–Crippen MR) is 86.2 cm³/mol. The summed E-state index contributed by atoms with van der Waals surface area (Å²) in [6.07, 6.45) is 15.8.